The van der Waals surface area contributed by atoms with Gasteiger partial charge < -0.3 is 10.4 Å². The molecule has 0 amide bonds. The molecule has 0 radical (unpaired) electrons. The molecule has 20 heavy (non-hydrogen) atoms. The van der Waals surface area contributed by atoms with Crippen LogP contribution in [-0.2, 0) is 6.54 Å². The van der Waals surface area contributed by atoms with Gasteiger partial charge in [0, 0.05) is 18.7 Å². The zero-order valence-electron chi connectivity index (χ0n) is 11.3. The lowest BCUT2D eigenvalue weighted by atomic mass is 10.2. The van der Waals surface area contributed by atoms with E-state index in [4.69, 9.17) is 0 Å². The van der Waals surface area contributed by atoms with Crippen molar-refractivity contribution in [3.8, 4) is 11.4 Å². The molecule has 104 valence electrons. The van der Waals surface area contributed by atoms with Crippen LogP contribution in [0.4, 0.5) is 0 Å². The van der Waals surface area contributed by atoms with Crippen LogP contribution in [0, 0.1) is 6.92 Å². The highest BCUT2D eigenvalue weighted by Gasteiger charge is 2.21. The minimum absolute atomic E-state index is 0.0482. The fourth-order valence-electron chi connectivity index (χ4n) is 2.11. The summed E-state index contributed by atoms with van der Waals surface area (Å²) in [5, 5.41) is 17.4. The van der Waals surface area contributed by atoms with Crippen molar-refractivity contribution in [1.29, 1.82) is 0 Å². The number of aromatic nitrogens is 2. The molecular weight excluding hydrogens is 254 g/mol. The van der Waals surface area contributed by atoms with Gasteiger partial charge in [-0.05, 0) is 31.4 Å². The monoisotopic (exact) mass is 271 g/mol. The molecule has 1 aromatic carbocycles. The number of hydrogen-bond acceptors (Lipinski definition) is 4. The molecule has 1 aromatic heterocycles. The third-order valence-corrected chi connectivity index (χ3v) is 3.46. The van der Waals surface area contributed by atoms with Gasteiger partial charge in [-0.15, -0.1) is 0 Å². The van der Waals surface area contributed by atoms with Crippen LogP contribution >= 0.6 is 0 Å². The second-order valence-electron chi connectivity index (χ2n) is 5.17. The lowest BCUT2D eigenvalue weighted by molar-refractivity contribution is 0.451. The predicted molar refractivity (Wildman–Crippen MR) is 76.1 cm³/mol. The van der Waals surface area contributed by atoms with Crippen LogP contribution in [0.25, 0.3) is 5.69 Å². The maximum absolute atomic E-state index is 12.0. The van der Waals surface area contributed by atoms with E-state index in [2.05, 4.69) is 10.4 Å². The molecule has 1 saturated carbocycles. The third kappa shape index (κ3) is 2.58. The molecule has 5 heteroatoms. The summed E-state index contributed by atoms with van der Waals surface area (Å²) in [6.07, 6.45) is 2.33. The largest absolute Gasteiger partial charge is 0.506 e. The molecule has 0 atom stereocenters. The van der Waals surface area contributed by atoms with Gasteiger partial charge in [-0.1, -0.05) is 18.2 Å². The van der Waals surface area contributed by atoms with Crippen LogP contribution in [0.1, 0.15) is 24.1 Å². The van der Waals surface area contributed by atoms with Gasteiger partial charge in [0.05, 0.1) is 5.69 Å². The smallest absolute Gasteiger partial charge is 0.275 e. The summed E-state index contributed by atoms with van der Waals surface area (Å²) in [5.41, 5.74) is 1.88. The average molecular weight is 271 g/mol. The van der Waals surface area contributed by atoms with Crippen LogP contribution in [0.2, 0.25) is 0 Å². The SMILES string of the molecule is Cc1ccccc1-n1nc(CNC2CC2)c(O)cc1=O. The number of rotatable bonds is 4. The van der Waals surface area contributed by atoms with E-state index in [0.29, 0.717) is 18.3 Å². The van der Waals surface area contributed by atoms with E-state index < -0.39 is 0 Å². The normalized spacial score (nSPS) is 14.4. The first-order valence-corrected chi connectivity index (χ1v) is 6.77. The van der Waals surface area contributed by atoms with Crippen molar-refractivity contribution < 1.29 is 5.11 Å². The summed E-state index contributed by atoms with van der Waals surface area (Å²) < 4.78 is 1.35. The van der Waals surface area contributed by atoms with Gasteiger partial charge in [0.15, 0.2) is 0 Å². The maximum Gasteiger partial charge on any atom is 0.275 e. The summed E-state index contributed by atoms with van der Waals surface area (Å²) in [4.78, 5) is 12.0. The van der Waals surface area contributed by atoms with Gasteiger partial charge in [0.2, 0.25) is 0 Å². The first-order chi connectivity index (χ1) is 9.65. The number of hydrogen-bond donors (Lipinski definition) is 2. The standard InChI is InChI=1S/C15H17N3O2/c1-10-4-2-3-5-13(10)18-15(20)8-14(19)12(17-18)9-16-11-6-7-11/h2-5,8,11,16,19H,6-7,9H2,1H3. The lowest BCUT2D eigenvalue weighted by Crippen LogP contribution is -2.25. The van der Waals surface area contributed by atoms with E-state index in [9.17, 15) is 9.90 Å². The number of benzene rings is 1. The fourth-order valence-corrected chi connectivity index (χ4v) is 2.11. The Bertz CT molecular complexity index is 690. The van der Waals surface area contributed by atoms with Crippen molar-refractivity contribution in [3.05, 3.63) is 51.9 Å². The van der Waals surface area contributed by atoms with Crippen LogP contribution in [0.5, 0.6) is 5.75 Å². The number of nitrogens with one attached hydrogen (secondary N) is 1. The summed E-state index contributed by atoms with van der Waals surface area (Å²) in [6, 6.07) is 9.31. The molecule has 0 aliphatic heterocycles. The van der Waals surface area contributed by atoms with Crippen LogP contribution in [-0.4, -0.2) is 20.9 Å². The average Bonchev–Trinajstić information content (AvgIpc) is 3.23. The Hall–Kier alpha value is -2.14. The van der Waals surface area contributed by atoms with E-state index in [1.54, 1.807) is 0 Å². The molecule has 0 spiro atoms. The molecule has 1 heterocycles. The molecule has 1 aliphatic rings. The summed E-state index contributed by atoms with van der Waals surface area (Å²) in [5.74, 6) is -0.0482. The van der Waals surface area contributed by atoms with Crippen LogP contribution in [0.3, 0.4) is 0 Å². The van der Waals surface area contributed by atoms with Gasteiger partial charge in [-0.2, -0.15) is 9.78 Å². The van der Waals surface area contributed by atoms with Crippen LogP contribution < -0.4 is 10.9 Å². The second kappa shape index (κ2) is 5.09. The van der Waals surface area contributed by atoms with Crippen molar-refractivity contribution in [3.63, 3.8) is 0 Å². The summed E-state index contributed by atoms with van der Waals surface area (Å²) in [7, 11) is 0. The third-order valence-electron chi connectivity index (χ3n) is 3.46. The zero-order valence-corrected chi connectivity index (χ0v) is 11.3. The molecular formula is C15H17N3O2. The van der Waals surface area contributed by atoms with E-state index in [0.717, 1.165) is 24.1 Å². The van der Waals surface area contributed by atoms with Crippen molar-refractivity contribution in [2.45, 2.75) is 32.4 Å². The minimum Gasteiger partial charge on any atom is -0.506 e. The Morgan fingerprint density at radius 1 is 1.40 bits per heavy atom. The summed E-state index contributed by atoms with van der Waals surface area (Å²) >= 11 is 0. The number of para-hydroxylation sites is 1. The van der Waals surface area contributed by atoms with E-state index in [1.807, 2.05) is 31.2 Å². The van der Waals surface area contributed by atoms with E-state index in [-0.39, 0.29) is 11.3 Å². The molecule has 1 aliphatic carbocycles. The van der Waals surface area contributed by atoms with Crippen molar-refractivity contribution >= 4 is 0 Å². The van der Waals surface area contributed by atoms with Crippen molar-refractivity contribution in [2.24, 2.45) is 0 Å². The second-order valence-corrected chi connectivity index (χ2v) is 5.17. The Morgan fingerprint density at radius 2 is 2.15 bits per heavy atom. The highest BCUT2D eigenvalue weighted by Crippen LogP contribution is 2.20. The lowest BCUT2D eigenvalue weighted by Gasteiger charge is -2.11. The van der Waals surface area contributed by atoms with Gasteiger partial charge in [-0.25, -0.2) is 0 Å². The quantitative estimate of drug-likeness (QED) is 0.884. The Morgan fingerprint density at radius 3 is 2.85 bits per heavy atom. The van der Waals surface area contributed by atoms with E-state index >= 15 is 0 Å². The molecule has 0 bridgehead atoms. The van der Waals surface area contributed by atoms with Crippen molar-refractivity contribution in [1.82, 2.24) is 15.1 Å². The van der Waals surface area contributed by atoms with Gasteiger partial charge in [0.25, 0.3) is 5.56 Å². The molecule has 1 fully saturated rings. The Kier molecular flexibility index (Phi) is 3.28. The van der Waals surface area contributed by atoms with Crippen LogP contribution in [0.15, 0.2) is 35.1 Å². The predicted octanol–water partition coefficient (Wildman–Crippen LogP) is 1.50. The Labute approximate surface area is 116 Å². The Balaban J connectivity index is 1.99. The minimum atomic E-state index is -0.327. The maximum atomic E-state index is 12.0. The highest BCUT2D eigenvalue weighted by molar-refractivity contribution is 5.40. The molecule has 5 nitrogen and oxygen atoms in total. The molecule has 2 aromatic rings. The number of aryl methyl sites for hydroxylation is 1. The van der Waals surface area contributed by atoms with E-state index in [1.165, 1.54) is 10.7 Å². The highest BCUT2D eigenvalue weighted by atomic mass is 16.3. The number of aromatic hydroxyl groups is 1. The van der Waals surface area contributed by atoms with Crippen molar-refractivity contribution in [2.75, 3.05) is 0 Å². The fraction of sp³-hybridized carbons (Fsp3) is 0.333. The first kappa shape index (κ1) is 12.9. The molecule has 3 rings (SSSR count). The molecule has 2 N–H and O–H groups in total. The first-order valence-electron chi connectivity index (χ1n) is 6.77. The topological polar surface area (TPSA) is 67.2 Å². The van der Waals surface area contributed by atoms with Gasteiger partial charge >= 0.3 is 0 Å². The zero-order chi connectivity index (χ0) is 14.1. The summed E-state index contributed by atoms with van der Waals surface area (Å²) in [6.45, 7) is 2.40. The molecule has 0 unspecified atom stereocenters. The van der Waals surface area contributed by atoms with Gasteiger partial charge in [0.1, 0.15) is 11.4 Å². The number of nitrogens with zero attached hydrogens (tertiary/aromatic N) is 2. The van der Waals surface area contributed by atoms with Gasteiger partial charge in [-0.3, -0.25) is 4.79 Å². The molecule has 0 saturated heterocycles.